The van der Waals surface area contributed by atoms with Crippen molar-refractivity contribution in [1.82, 2.24) is 10.2 Å². The lowest BCUT2D eigenvalue weighted by molar-refractivity contribution is 0.483. The molecule has 0 N–H and O–H groups in total. The molecule has 15 heavy (non-hydrogen) atoms. The maximum absolute atomic E-state index is 5.61. The van der Waals surface area contributed by atoms with E-state index in [2.05, 4.69) is 15.1 Å². The van der Waals surface area contributed by atoms with Gasteiger partial charge in [-0.05, 0) is 12.2 Å². The first-order valence-electron chi connectivity index (χ1n) is 5.00. The molecule has 6 heteroatoms. The molecule has 1 aromatic heterocycles. The third-order valence-corrected chi connectivity index (χ3v) is 3.85. The highest BCUT2D eigenvalue weighted by Crippen LogP contribution is 2.24. The summed E-state index contributed by atoms with van der Waals surface area (Å²) in [7, 11) is 2.01. The molecule has 4 nitrogen and oxygen atoms in total. The lowest BCUT2D eigenvalue weighted by Gasteiger charge is -2.20. The molecule has 2 rings (SSSR count). The molecule has 1 saturated heterocycles. The summed E-state index contributed by atoms with van der Waals surface area (Å²) in [6.07, 6.45) is 1.83. The van der Waals surface area contributed by atoms with Gasteiger partial charge in [-0.15, -0.1) is 16.7 Å². The molecule has 0 amide bonds. The zero-order valence-corrected chi connectivity index (χ0v) is 10.2. The molecule has 1 unspecified atom stereocenters. The maximum Gasteiger partial charge on any atom is 0.318 e. The van der Waals surface area contributed by atoms with Crippen LogP contribution in [0, 0.1) is 0 Å². The van der Waals surface area contributed by atoms with Crippen molar-refractivity contribution >= 4 is 29.4 Å². The number of aryl methyl sites for hydroxylation is 1. The van der Waals surface area contributed by atoms with Crippen molar-refractivity contribution < 1.29 is 4.42 Å². The molecule has 1 aromatic rings. The molecule has 1 aliphatic heterocycles. The Morgan fingerprint density at radius 3 is 3.13 bits per heavy atom. The zero-order chi connectivity index (χ0) is 10.7. The van der Waals surface area contributed by atoms with Crippen molar-refractivity contribution in [1.29, 1.82) is 0 Å². The molecule has 0 radical (unpaired) electrons. The number of nitrogens with zero attached hydrogens (tertiary/aromatic N) is 3. The van der Waals surface area contributed by atoms with Crippen LogP contribution in [0.15, 0.2) is 4.42 Å². The van der Waals surface area contributed by atoms with E-state index in [-0.39, 0.29) is 0 Å². The SMILES string of the molecule is CN(c1nnc(CCCl)o1)C1CCSC1. The van der Waals surface area contributed by atoms with Crippen LogP contribution in [0.1, 0.15) is 12.3 Å². The Kier molecular flexibility index (Phi) is 3.75. The van der Waals surface area contributed by atoms with Gasteiger partial charge in [-0.1, -0.05) is 5.10 Å². The minimum atomic E-state index is 0.518. The molecule has 0 saturated carbocycles. The van der Waals surface area contributed by atoms with Gasteiger partial charge in [-0.2, -0.15) is 11.8 Å². The van der Waals surface area contributed by atoms with Gasteiger partial charge in [0.1, 0.15) is 0 Å². The molecule has 0 aliphatic carbocycles. The van der Waals surface area contributed by atoms with Crippen molar-refractivity contribution in [3.63, 3.8) is 0 Å². The molecule has 1 fully saturated rings. The second-order valence-corrected chi connectivity index (χ2v) is 5.07. The number of anilines is 1. The average Bonchev–Trinajstić information content (AvgIpc) is 2.87. The highest BCUT2D eigenvalue weighted by atomic mass is 35.5. The third-order valence-electron chi connectivity index (χ3n) is 2.52. The van der Waals surface area contributed by atoms with Gasteiger partial charge in [0.25, 0.3) is 0 Å². The van der Waals surface area contributed by atoms with E-state index in [0.29, 0.717) is 30.2 Å². The quantitative estimate of drug-likeness (QED) is 0.759. The number of rotatable bonds is 4. The third kappa shape index (κ3) is 2.58. The summed E-state index contributed by atoms with van der Waals surface area (Å²) in [6, 6.07) is 1.14. The Morgan fingerprint density at radius 2 is 2.47 bits per heavy atom. The van der Waals surface area contributed by atoms with Crippen LogP contribution in [0.2, 0.25) is 0 Å². The van der Waals surface area contributed by atoms with E-state index >= 15 is 0 Å². The molecule has 0 bridgehead atoms. The fourth-order valence-electron chi connectivity index (χ4n) is 1.55. The highest BCUT2D eigenvalue weighted by Gasteiger charge is 2.23. The molecule has 0 spiro atoms. The number of hydrogen-bond acceptors (Lipinski definition) is 5. The number of alkyl halides is 1. The average molecular weight is 248 g/mol. The van der Waals surface area contributed by atoms with Crippen molar-refractivity contribution in [3.8, 4) is 0 Å². The maximum atomic E-state index is 5.61. The summed E-state index contributed by atoms with van der Waals surface area (Å²) in [4.78, 5) is 2.07. The van der Waals surface area contributed by atoms with Crippen LogP contribution < -0.4 is 4.90 Å². The van der Waals surface area contributed by atoms with Crippen molar-refractivity contribution in [2.24, 2.45) is 0 Å². The molecule has 0 aromatic carbocycles. The van der Waals surface area contributed by atoms with Gasteiger partial charge in [0.05, 0.1) is 0 Å². The van der Waals surface area contributed by atoms with Crippen LogP contribution in [-0.2, 0) is 6.42 Å². The van der Waals surface area contributed by atoms with Crippen molar-refractivity contribution in [2.45, 2.75) is 18.9 Å². The fourth-order valence-corrected chi connectivity index (χ4v) is 2.98. The summed E-state index contributed by atoms with van der Waals surface area (Å²) in [5.41, 5.74) is 0. The lowest BCUT2D eigenvalue weighted by atomic mass is 10.2. The van der Waals surface area contributed by atoms with Crippen LogP contribution in [0.25, 0.3) is 0 Å². The highest BCUT2D eigenvalue weighted by molar-refractivity contribution is 7.99. The minimum absolute atomic E-state index is 0.518. The van der Waals surface area contributed by atoms with Crippen molar-refractivity contribution in [3.05, 3.63) is 5.89 Å². The van der Waals surface area contributed by atoms with Crippen LogP contribution in [-0.4, -0.2) is 40.7 Å². The number of thioether (sulfide) groups is 1. The Balaban J connectivity index is 2.00. The Bertz CT molecular complexity index is 314. The summed E-state index contributed by atoms with van der Waals surface area (Å²) < 4.78 is 5.51. The van der Waals surface area contributed by atoms with Gasteiger partial charge in [0, 0.05) is 31.1 Å². The Labute approximate surface area is 98.4 Å². The Hall–Kier alpha value is -0.420. The normalized spacial score (nSPS) is 20.8. The number of halogens is 1. The van der Waals surface area contributed by atoms with Crippen LogP contribution in [0.4, 0.5) is 6.01 Å². The lowest BCUT2D eigenvalue weighted by Crippen LogP contribution is -2.31. The van der Waals surface area contributed by atoms with Gasteiger partial charge in [0.15, 0.2) is 0 Å². The first-order valence-corrected chi connectivity index (χ1v) is 6.69. The van der Waals surface area contributed by atoms with Gasteiger partial charge in [0.2, 0.25) is 5.89 Å². The second-order valence-electron chi connectivity index (χ2n) is 3.55. The first-order chi connectivity index (χ1) is 7.31. The molecule has 1 atom stereocenters. The zero-order valence-electron chi connectivity index (χ0n) is 8.65. The summed E-state index contributed by atoms with van der Waals surface area (Å²) in [5.74, 6) is 3.50. The standard InChI is InChI=1S/C9H14ClN3OS/c1-13(7-3-5-15-6-7)9-12-11-8(14-9)2-4-10/h7H,2-6H2,1H3. The van der Waals surface area contributed by atoms with Crippen LogP contribution >= 0.6 is 23.4 Å². The number of hydrogen-bond donors (Lipinski definition) is 0. The summed E-state index contributed by atoms with van der Waals surface area (Å²) >= 11 is 7.58. The van der Waals surface area contributed by atoms with E-state index in [0.717, 1.165) is 5.75 Å². The van der Waals surface area contributed by atoms with Gasteiger partial charge in [-0.3, -0.25) is 0 Å². The van der Waals surface area contributed by atoms with E-state index < -0.39 is 0 Å². The van der Waals surface area contributed by atoms with Crippen LogP contribution in [0.5, 0.6) is 0 Å². The summed E-state index contributed by atoms with van der Waals surface area (Å²) in [6.45, 7) is 0. The molecular formula is C9H14ClN3OS. The molecule has 1 aliphatic rings. The smallest absolute Gasteiger partial charge is 0.318 e. The molecule has 2 heterocycles. The molecular weight excluding hydrogens is 234 g/mol. The van der Waals surface area contributed by atoms with Gasteiger partial charge >= 0.3 is 6.01 Å². The topological polar surface area (TPSA) is 42.2 Å². The fraction of sp³-hybridized carbons (Fsp3) is 0.778. The first kappa shape index (κ1) is 11.1. The van der Waals surface area contributed by atoms with Gasteiger partial charge in [-0.25, -0.2) is 0 Å². The largest absolute Gasteiger partial charge is 0.408 e. The van der Waals surface area contributed by atoms with E-state index in [1.54, 1.807) is 0 Å². The predicted octanol–water partition coefficient (Wildman–Crippen LogP) is 1.79. The summed E-state index contributed by atoms with van der Waals surface area (Å²) in [5, 5.41) is 7.97. The Morgan fingerprint density at radius 1 is 1.60 bits per heavy atom. The van der Waals surface area contributed by atoms with E-state index in [1.165, 1.54) is 12.2 Å². The second kappa shape index (κ2) is 5.07. The van der Waals surface area contributed by atoms with E-state index in [9.17, 15) is 0 Å². The van der Waals surface area contributed by atoms with Gasteiger partial charge < -0.3 is 9.32 Å². The van der Waals surface area contributed by atoms with E-state index in [4.69, 9.17) is 16.0 Å². The predicted molar refractivity (Wildman–Crippen MR) is 62.9 cm³/mol. The van der Waals surface area contributed by atoms with Crippen LogP contribution in [0.3, 0.4) is 0 Å². The van der Waals surface area contributed by atoms with Crippen molar-refractivity contribution in [2.75, 3.05) is 29.3 Å². The monoisotopic (exact) mass is 247 g/mol. The number of aromatic nitrogens is 2. The van der Waals surface area contributed by atoms with E-state index in [1.807, 2.05) is 18.8 Å². The molecule has 84 valence electrons. The minimum Gasteiger partial charge on any atom is -0.408 e.